The fourth-order valence-electron chi connectivity index (χ4n) is 0.422. The van der Waals surface area contributed by atoms with Crippen molar-refractivity contribution < 1.29 is 9.72 Å². The summed E-state index contributed by atoms with van der Waals surface area (Å²) < 4.78 is 4.82. The van der Waals surface area contributed by atoms with E-state index in [-0.39, 0.29) is 0 Å². The summed E-state index contributed by atoms with van der Waals surface area (Å²) in [4.78, 5) is 6.55. The van der Waals surface area contributed by atoms with Gasteiger partial charge in [0.25, 0.3) is 6.33 Å². The first-order valence-electron chi connectivity index (χ1n) is 2.28. The molecule has 1 heterocycles. The molecule has 8 heavy (non-hydrogen) atoms. The minimum absolute atomic E-state index is 0.743. The molecule has 3 heteroatoms. The van der Waals surface area contributed by atoms with Gasteiger partial charge in [0.15, 0.2) is 6.20 Å². The van der Waals surface area contributed by atoms with E-state index in [1.54, 1.807) is 25.8 Å². The first kappa shape index (κ1) is 5.03. The van der Waals surface area contributed by atoms with Crippen LogP contribution >= 0.6 is 0 Å². The maximum absolute atomic E-state index is 4.82. The van der Waals surface area contributed by atoms with Crippen LogP contribution < -0.4 is 9.72 Å². The number of aromatic amines is 1. The van der Waals surface area contributed by atoms with Crippen LogP contribution in [0.25, 0.3) is 0 Å². The van der Waals surface area contributed by atoms with Gasteiger partial charge in [-0.15, -0.1) is 0 Å². The van der Waals surface area contributed by atoms with E-state index in [2.05, 4.69) is 9.97 Å². The third-order valence-corrected chi connectivity index (χ3v) is 0.812. The van der Waals surface area contributed by atoms with Crippen molar-refractivity contribution in [1.29, 1.82) is 0 Å². The predicted molar refractivity (Wildman–Crippen MR) is 27.3 cm³/mol. The highest BCUT2D eigenvalue weighted by Gasteiger charge is 1.89. The molecular weight excluding hydrogens is 104 g/mol. The fraction of sp³-hybridized carbons (Fsp3) is 0.200. The molecule has 0 unspecified atom stereocenters. The molecule has 0 saturated heterocycles. The summed E-state index contributed by atoms with van der Waals surface area (Å²) in [6.45, 7) is 0. The van der Waals surface area contributed by atoms with E-state index < -0.39 is 0 Å². The van der Waals surface area contributed by atoms with Crippen molar-refractivity contribution in [3.8, 4) is 5.75 Å². The average molecular weight is 111 g/mol. The van der Waals surface area contributed by atoms with Gasteiger partial charge in [0.05, 0.1) is 7.11 Å². The number of rotatable bonds is 1. The molecule has 0 aliphatic carbocycles. The normalized spacial score (nSPS) is 8.62. The van der Waals surface area contributed by atoms with Crippen molar-refractivity contribution in [3.05, 3.63) is 18.7 Å². The zero-order chi connectivity index (χ0) is 5.82. The number of methoxy groups -OCH3 is 1. The molecule has 1 aromatic rings. The number of ether oxygens (including phenoxy) is 1. The van der Waals surface area contributed by atoms with Crippen LogP contribution in [0.5, 0.6) is 5.75 Å². The number of H-pyrrole nitrogens is 1. The van der Waals surface area contributed by atoms with Gasteiger partial charge in [0, 0.05) is 0 Å². The Bertz CT molecular complexity index is 152. The van der Waals surface area contributed by atoms with E-state index in [9.17, 15) is 0 Å². The first-order valence-corrected chi connectivity index (χ1v) is 2.28. The fourth-order valence-corrected chi connectivity index (χ4v) is 0.422. The lowest BCUT2D eigenvalue weighted by Gasteiger charge is -1.87. The SMILES string of the molecule is COc1cnc[nH+]c1. The Kier molecular flexibility index (Phi) is 1.42. The van der Waals surface area contributed by atoms with Crippen molar-refractivity contribution in [1.82, 2.24) is 4.98 Å². The number of hydrogen-bond donors (Lipinski definition) is 0. The second-order valence-electron chi connectivity index (χ2n) is 1.32. The molecule has 1 N–H and O–H groups in total. The Morgan fingerprint density at radius 2 is 2.62 bits per heavy atom. The summed E-state index contributed by atoms with van der Waals surface area (Å²) in [5.41, 5.74) is 0. The van der Waals surface area contributed by atoms with E-state index in [0.29, 0.717) is 0 Å². The minimum Gasteiger partial charge on any atom is -0.490 e. The molecule has 0 radical (unpaired) electrons. The first-order chi connectivity index (χ1) is 3.93. The number of hydrogen-bond acceptors (Lipinski definition) is 2. The summed E-state index contributed by atoms with van der Waals surface area (Å²) in [7, 11) is 1.60. The molecule has 0 saturated carbocycles. The maximum Gasteiger partial charge on any atom is 0.284 e. The lowest BCUT2D eigenvalue weighted by Crippen LogP contribution is -2.00. The predicted octanol–water partition coefficient (Wildman–Crippen LogP) is -0.0957. The summed E-state index contributed by atoms with van der Waals surface area (Å²) in [6.07, 6.45) is 4.95. The molecule has 1 rings (SSSR count). The van der Waals surface area contributed by atoms with Crippen molar-refractivity contribution in [2.75, 3.05) is 7.11 Å². The van der Waals surface area contributed by atoms with Crippen molar-refractivity contribution in [3.63, 3.8) is 0 Å². The monoisotopic (exact) mass is 111 g/mol. The lowest BCUT2D eigenvalue weighted by molar-refractivity contribution is -0.383. The topological polar surface area (TPSA) is 36.3 Å². The van der Waals surface area contributed by atoms with Crippen LogP contribution in [0, 0.1) is 0 Å². The van der Waals surface area contributed by atoms with Gasteiger partial charge in [-0.2, -0.15) is 0 Å². The highest BCUT2D eigenvalue weighted by Crippen LogP contribution is 1.98. The minimum atomic E-state index is 0.743. The zero-order valence-electron chi connectivity index (χ0n) is 4.59. The number of nitrogens with zero attached hydrogens (tertiary/aromatic N) is 1. The second kappa shape index (κ2) is 2.26. The van der Waals surface area contributed by atoms with Crippen LogP contribution in [0.1, 0.15) is 0 Å². The van der Waals surface area contributed by atoms with Crippen LogP contribution in [0.4, 0.5) is 0 Å². The van der Waals surface area contributed by atoms with Crippen LogP contribution in [-0.4, -0.2) is 12.1 Å². The van der Waals surface area contributed by atoms with E-state index >= 15 is 0 Å². The van der Waals surface area contributed by atoms with Crippen molar-refractivity contribution in [2.24, 2.45) is 0 Å². The molecule has 42 valence electrons. The molecule has 0 bridgehead atoms. The molecule has 0 atom stereocenters. The number of aromatic nitrogens is 2. The third kappa shape index (κ3) is 0.932. The molecule has 0 aromatic carbocycles. The number of nitrogens with one attached hydrogen (secondary N) is 1. The maximum atomic E-state index is 4.82. The van der Waals surface area contributed by atoms with Gasteiger partial charge in [-0.1, -0.05) is 4.98 Å². The Labute approximate surface area is 47.3 Å². The van der Waals surface area contributed by atoms with E-state index in [0.717, 1.165) is 5.75 Å². The molecule has 0 aliphatic rings. The van der Waals surface area contributed by atoms with E-state index in [1.807, 2.05) is 0 Å². The molecule has 3 nitrogen and oxygen atoms in total. The zero-order valence-corrected chi connectivity index (χ0v) is 4.59. The van der Waals surface area contributed by atoms with Crippen molar-refractivity contribution >= 4 is 0 Å². The third-order valence-electron chi connectivity index (χ3n) is 0.812. The van der Waals surface area contributed by atoms with Crippen LogP contribution in [0.3, 0.4) is 0 Å². The van der Waals surface area contributed by atoms with Gasteiger partial charge in [-0.05, 0) is 0 Å². The van der Waals surface area contributed by atoms with E-state index in [1.165, 1.54) is 0 Å². The Hall–Kier alpha value is -1.12. The van der Waals surface area contributed by atoms with Crippen molar-refractivity contribution in [2.45, 2.75) is 0 Å². The Morgan fingerprint density at radius 3 is 3.00 bits per heavy atom. The average Bonchev–Trinajstić information content (AvgIpc) is 1.90. The summed E-state index contributed by atoms with van der Waals surface area (Å²) in [5, 5.41) is 0. The summed E-state index contributed by atoms with van der Waals surface area (Å²) in [6, 6.07) is 0. The Morgan fingerprint density at radius 1 is 1.75 bits per heavy atom. The van der Waals surface area contributed by atoms with Gasteiger partial charge in [0.2, 0.25) is 5.75 Å². The quantitative estimate of drug-likeness (QED) is 0.507. The largest absolute Gasteiger partial charge is 0.490 e. The van der Waals surface area contributed by atoms with Gasteiger partial charge in [0.1, 0.15) is 6.20 Å². The van der Waals surface area contributed by atoms with Gasteiger partial charge in [-0.25, -0.2) is 4.98 Å². The highest BCUT2D eigenvalue weighted by atomic mass is 16.5. The van der Waals surface area contributed by atoms with Gasteiger partial charge >= 0.3 is 0 Å². The smallest absolute Gasteiger partial charge is 0.284 e. The Balaban J connectivity index is 2.83. The molecule has 0 fully saturated rings. The van der Waals surface area contributed by atoms with E-state index in [4.69, 9.17) is 4.74 Å². The van der Waals surface area contributed by atoms with Crippen LogP contribution in [0.2, 0.25) is 0 Å². The summed E-state index contributed by atoms with van der Waals surface area (Å²) in [5.74, 6) is 0.743. The molecule has 1 aromatic heterocycles. The van der Waals surface area contributed by atoms with Crippen LogP contribution in [0.15, 0.2) is 18.7 Å². The summed E-state index contributed by atoms with van der Waals surface area (Å²) >= 11 is 0. The van der Waals surface area contributed by atoms with Crippen LogP contribution in [-0.2, 0) is 0 Å². The molecule has 0 aliphatic heterocycles. The second-order valence-corrected chi connectivity index (χ2v) is 1.32. The highest BCUT2D eigenvalue weighted by molar-refractivity contribution is 5.06. The molecule has 0 spiro atoms. The molecular formula is C5H7N2O+. The molecule has 0 amide bonds. The lowest BCUT2D eigenvalue weighted by atomic mass is 10.6. The van der Waals surface area contributed by atoms with Gasteiger partial charge in [-0.3, -0.25) is 0 Å². The standard InChI is InChI=1S/C5H6N2O/c1-8-5-2-6-4-7-3-5/h2-4H,1H3/p+1. The van der Waals surface area contributed by atoms with Gasteiger partial charge < -0.3 is 4.74 Å².